The molecule has 2 aromatic carbocycles. The zero-order valence-corrected chi connectivity index (χ0v) is 18.3. The first-order valence-corrected chi connectivity index (χ1v) is 10.6. The normalized spacial score (nSPS) is 16.0. The van der Waals surface area contributed by atoms with Gasteiger partial charge in [-0.15, -0.1) is 0 Å². The van der Waals surface area contributed by atoms with Gasteiger partial charge in [0, 0.05) is 10.9 Å². The van der Waals surface area contributed by atoms with Crippen LogP contribution in [0.25, 0.3) is 11.0 Å². The molecule has 3 aromatic rings. The molecule has 2 atom stereocenters. The number of carbonyl (C=O) groups is 2. The first-order valence-electron chi connectivity index (χ1n) is 9.78. The number of halogens is 1. The van der Waals surface area contributed by atoms with E-state index in [-0.39, 0.29) is 6.42 Å². The fraction of sp³-hybridized carbons (Fsp3) is 0.273. The number of carbonyl (C=O) groups excluding carboxylic acids is 2. The van der Waals surface area contributed by atoms with E-state index in [1.54, 1.807) is 6.07 Å². The Bertz CT molecular complexity index is 1280. The average molecular weight is 486 g/mol. The second-order valence-corrected chi connectivity index (χ2v) is 8.33. The van der Waals surface area contributed by atoms with Crippen molar-refractivity contribution in [1.29, 1.82) is 0 Å². The molecule has 160 valence electrons. The third kappa shape index (κ3) is 4.05. The van der Waals surface area contributed by atoms with Crippen LogP contribution in [0, 0.1) is 0 Å². The molecular formula is C22H20BrN3O5. The predicted octanol–water partition coefficient (Wildman–Crippen LogP) is 1.84. The number of ether oxygens (including phenoxy) is 1. The topological polar surface area (TPSA) is 110 Å². The van der Waals surface area contributed by atoms with Crippen LogP contribution in [0.1, 0.15) is 23.6 Å². The Balaban J connectivity index is 1.71. The largest absolute Gasteiger partial charge is 0.467 e. The number of rotatable bonds is 5. The average Bonchev–Trinajstić information content (AvgIpc) is 2.76. The predicted molar refractivity (Wildman–Crippen MR) is 118 cm³/mol. The molecule has 1 aliphatic rings. The van der Waals surface area contributed by atoms with Crippen LogP contribution in [-0.4, -0.2) is 34.6 Å². The fourth-order valence-electron chi connectivity index (χ4n) is 4.03. The van der Waals surface area contributed by atoms with Gasteiger partial charge in [0.25, 0.3) is 0 Å². The highest BCUT2D eigenvalue weighted by atomic mass is 79.9. The van der Waals surface area contributed by atoms with E-state index in [0.29, 0.717) is 23.9 Å². The number of esters is 1. The van der Waals surface area contributed by atoms with Gasteiger partial charge in [0.1, 0.15) is 12.1 Å². The number of aryl methyl sites for hydroxylation is 1. The van der Waals surface area contributed by atoms with Crippen molar-refractivity contribution in [1.82, 2.24) is 14.9 Å². The van der Waals surface area contributed by atoms with Crippen molar-refractivity contribution < 1.29 is 14.3 Å². The van der Waals surface area contributed by atoms with Crippen LogP contribution in [0.2, 0.25) is 0 Å². The maximum atomic E-state index is 13.2. The van der Waals surface area contributed by atoms with Crippen LogP contribution in [-0.2, 0) is 27.2 Å². The Morgan fingerprint density at radius 1 is 1.26 bits per heavy atom. The number of hydrogen-bond donors (Lipinski definition) is 2. The summed E-state index contributed by atoms with van der Waals surface area (Å²) < 4.78 is 6.87. The number of nitrogens with one attached hydrogen (secondary N) is 2. The van der Waals surface area contributed by atoms with E-state index in [2.05, 4.69) is 26.2 Å². The van der Waals surface area contributed by atoms with Gasteiger partial charge in [0.05, 0.1) is 18.1 Å². The first-order chi connectivity index (χ1) is 14.9. The third-order valence-corrected chi connectivity index (χ3v) is 5.90. The van der Waals surface area contributed by atoms with Gasteiger partial charge in [-0.2, -0.15) is 0 Å². The monoisotopic (exact) mass is 485 g/mol. The summed E-state index contributed by atoms with van der Waals surface area (Å²) in [6.45, 7) is 0. The van der Waals surface area contributed by atoms with Crippen molar-refractivity contribution in [2.75, 3.05) is 7.11 Å². The minimum atomic E-state index is -0.917. The summed E-state index contributed by atoms with van der Waals surface area (Å²) in [5.41, 5.74) is 1.11. The quantitative estimate of drug-likeness (QED) is 0.423. The Kier molecular flexibility index (Phi) is 5.77. The molecule has 9 heteroatoms. The molecule has 0 radical (unpaired) electrons. The Morgan fingerprint density at radius 2 is 2.00 bits per heavy atom. The van der Waals surface area contributed by atoms with Gasteiger partial charge in [-0.05, 0) is 36.1 Å². The molecule has 0 aliphatic carbocycles. The molecule has 2 N–H and O–H groups in total. The van der Waals surface area contributed by atoms with Crippen molar-refractivity contribution >= 4 is 38.8 Å². The lowest BCUT2D eigenvalue weighted by atomic mass is 9.97. The number of H-pyrrole nitrogens is 1. The van der Waals surface area contributed by atoms with E-state index >= 15 is 0 Å². The number of hydrogen-bond acceptors (Lipinski definition) is 5. The number of nitrogens with zero attached hydrogens (tertiary/aromatic N) is 1. The maximum absolute atomic E-state index is 13.2. The van der Waals surface area contributed by atoms with Crippen LogP contribution in [0.15, 0.2) is 56.5 Å². The van der Waals surface area contributed by atoms with Gasteiger partial charge in [-0.25, -0.2) is 4.79 Å². The molecule has 0 saturated heterocycles. The smallest absolute Gasteiger partial charge is 0.328 e. The SMILES string of the molecule is COC(=O)[C@H](Cc1ccccc1)NC(=O)C1CCc2cc(Br)cc3[nH]c(=O)c(=O)n1c23. The molecule has 1 aromatic heterocycles. The first kappa shape index (κ1) is 21.0. The van der Waals surface area contributed by atoms with Gasteiger partial charge in [-0.3, -0.25) is 19.0 Å². The number of benzene rings is 2. The van der Waals surface area contributed by atoms with Gasteiger partial charge in [0.2, 0.25) is 5.91 Å². The lowest BCUT2D eigenvalue weighted by Crippen LogP contribution is -2.49. The highest BCUT2D eigenvalue weighted by Gasteiger charge is 2.32. The number of aromatic nitrogens is 2. The molecule has 0 fully saturated rings. The van der Waals surface area contributed by atoms with Crippen molar-refractivity contribution in [3.05, 3.63) is 78.8 Å². The second-order valence-electron chi connectivity index (χ2n) is 7.42. The molecule has 4 rings (SSSR count). The van der Waals surface area contributed by atoms with Crippen LogP contribution in [0.4, 0.5) is 0 Å². The minimum Gasteiger partial charge on any atom is -0.467 e. The third-order valence-electron chi connectivity index (χ3n) is 5.44. The summed E-state index contributed by atoms with van der Waals surface area (Å²) in [6, 6.07) is 11.0. The van der Waals surface area contributed by atoms with Gasteiger partial charge >= 0.3 is 17.1 Å². The van der Waals surface area contributed by atoms with Gasteiger partial charge in [0.15, 0.2) is 0 Å². The zero-order valence-electron chi connectivity index (χ0n) is 16.7. The molecular weight excluding hydrogens is 466 g/mol. The van der Waals surface area contributed by atoms with Crippen molar-refractivity contribution in [3.8, 4) is 0 Å². The fourth-order valence-corrected chi connectivity index (χ4v) is 4.54. The summed E-state index contributed by atoms with van der Waals surface area (Å²) in [5, 5.41) is 2.72. The van der Waals surface area contributed by atoms with Gasteiger partial charge in [-0.1, -0.05) is 46.3 Å². The Hall–Kier alpha value is -3.20. The van der Waals surface area contributed by atoms with E-state index in [9.17, 15) is 19.2 Å². The van der Waals surface area contributed by atoms with Crippen LogP contribution in [0.3, 0.4) is 0 Å². The lowest BCUT2D eigenvalue weighted by Gasteiger charge is -2.28. The summed E-state index contributed by atoms with van der Waals surface area (Å²) in [4.78, 5) is 53.0. The van der Waals surface area contributed by atoms with E-state index < -0.39 is 35.1 Å². The van der Waals surface area contributed by atoms with Crippen molar-refractivity contribution in [3.63, 3.8) is 0 Å². The number of amides is 1. The maximum Gasteiger partial charge on any atom is 0.328 e. The highest BCUT2D eigenvalue weighted by molar-refractivity contribution is 9.10. The lowest BCUT2D eigenvalue weighted by molar-refractivity contribution is -0.145. The van der Waals surface area contributed by atoms with Crippen LogP contribution in [0.5, 0.6) is 0 Å². The molecule has 0 saturated carbocycles. The summed E-state index contributed by atoms with van der Waals surface area (Å²) in [7, 11) is 1.26. The molecule has 1 aliphatic heterocycles. The Labute approximate surface area is 185 Å². The summed E-state index contributed by atoms with van der Waals surface area (Å²) in [6.07, 6.45) is 1.11. The molecule has 8 nitrogen and oxygen atoms in total. The van der Waals surface area contributed by atoms with E-state index in [4.69, 9.17) is 4.74 Å². The highest BCUT2D eigenvalue weighted by Crippen LogP contribution is 2.31. The zero-order chi connectivity index (χ0) is 22.1. The van der Waals surface area contributed by atoms with E-state index in [1.165, 1.54) is 11.7 Å². The molecule has 0 spiro atoms. The molecule has 2 heterocycles. The number of methoxy groups -OCH3 is 1. The summed E-state index contributed by atoms with van der Waals surface area (Å²) >= 11 is 3.41. The molecule has 31 heavy (non-hydrogen) atoms. The molecule has 1 amide bonds. The second kappa shape index (κ2) is 8.50. The van der Waals surface area contributed by atoms with E-state index in [0.717, 1.165) is 15.6 Å². The van der Waals surface area contributed by atoms with Crippen LogP contribution < -0.4 is 16.4 Å². The standard InChI is InChI=1S/C22H20BrN3O5/c1-31-22(30)16(9-12-5-3-2-4-6-12)25-19(27)17-8-7-13-10-14(23)11-15-18(13)26(17)21(29)20(28)24-15/h2-6,10-11,16-17H,7-9H2,1H3,(H,24,28)(H,25,27)/t16-,17?/m0/s1. The van der Waals surface area contributed by atoms with Crippen molar-refractivity contribution in [2.45, 2.75) is 31.3 Å². The minimum absolute atomic E-state index is 0.245. The van der Waals surface area contributed by atoms with E-state index in [1.807, 2.05) is 36.4 Å². The molecule has 1 unspecified atom stereocenters. The molecule has 0 bridgehead atoms. The summed E-state index contributed by atoms with van der Waals surface area (Å²) in [5.74, 6) is -1.09. The number of aromatic amines is 1. The van der Waals surface area contributed by atoms with Crippen molar-refractivity contribution in [2.24, 2.45) is 0 Å². The Morgan fingerprint density at radius 3 is 2.71 bits per heavy atom. The van der Waals surface area contributed by atoms with Gasteiger partial charge < -0.3 is 15.0 Å². The van der Waals surface area contributed by atoms with Crippen LogP contribution >= 0.6 is 15.9 Å².